The maximum Gasteiger partial charge on any atom is 0.220 e. The van der Waals surface area contributed by atoms with E-state index in [0.29, 0.717) is 12.0 Å². The van der Waals surface area contributed by atoms with Crippen LogP contribution in [0, 0.1) is 19.8 Å². The van der Waals surface area contributed by atoms with Gasteiger partial charge in [-0.1, -0.05) is 12.8 Å². The van der Waals surface area contributed by atoms with Gasteiger partial charge in [0, 0.05) is 49.9 Å². The number of hydrogen-bond acceptors (Lipinski definition) is 3. The highest BCUT2D eigenvalue weighted by Crippen LogP contribution is 2.27. The number of likely N-dealkylation sites (tertiary alicyclic amines) is 1. The second-order valence-electron chi connectivity index (χ2n) is 7.94. The van der Waals surface area contributed by atoms with Crippen LogP contribution in [0.3, 0.4) is 0 Å². The number of aromatic nitrogens is 2. The Morgan fingerprint density at radius 1 is 1.16 bits per heavy atom. The Balaban J connectivity index is 1.44. The third-order valence-corrected chi connectivity index (χ3v) is 6.11. The summed E-state index contributed by atoms with van der Waals surface area (Å²) in [5.41, 5.74) is 3.84. The first kappa shape index (κ1) is 18.4. The number of amides is 1. The lowest BCUT2D eigenvalue weighted by Crippen LogP contribution is -2.44. The Labute approximate surface area is 152 Å². The van der Waals surface area contributed by atoms with Gasteiger partial charge in [-0.05, 0) is 52.4 Å². The van der Waals surface area contributed by atoms with Crippen LogP contribution in [0.15, 0.2) is 0 Å². The topological polar surface area (TPSA) is 50.2 Å². The van der Waals surface area contributed by atoms with Gasteiger partial charge in [0.05, 0.1) is 5.69 Å². The van der Waals surface area contributed by atoms with Crippen LogP contribution in [-0.4, -0.2) is 39.7 Å². The van der Waals surface area contributed by atoms with Gasteiger partial charge in [-0.25, -0.2) is 0 Å². The molecule has 0 unspecified atom stereocenters. The van der Waals surface area contributed by atoms with Crippen molar-refractivity contribution < 1.29 is 4.79 Å². The van der Waals surface area contributed by atoms with E-state index in [2.05, 4.69) is 40.8 Å². The smallest absolute Gasteiger partial charge is 0.220 e. The molecule has 2 fully saturated rings. The Morgan fingerprint density at radius 2 is 1.84 bits per heavy atom. The molecule has 1 aromatic heterocycles. The Hall–Kier alpha value is -1.36. The number of aryl methyl sites for hydroxylation is 2. The Bertz CT molecular complexity index is 581. The van der Waals surface area contributed by atoms with Crippen molar-refractivity contribution in [1.82, 2.24) is 20.0 Å². The van der Waals surface area contributed by atoms with Crippen molar-refractivity contribution in [3.05, 3.63) is 17.0 Å². The number of nitrogens with zero attached hydrogens (tertiary/aromatic N) is 3. The lowest BCUT2D eigenvalue weighted by atomic mass is 10.0. The van der Waals surface area contributed by atoms with E-state index >= 15 is 0 Å². The lowest BCUT2D eigenvalue weighted by molar-refractivity contribution is -0.123. The van der Waals surface area contributed by atoms with E-state index in [1.165, 1.54) is 36.9 Å². The van der Waals surface area contributed by atoms with E-state index in [4.69, 9.17) is 0 Å². The van der Waals surface area contributed by atoms with Crippen LogP contribution in [0.5, 0.6) is 0 Å². The van der Waals surface area contributed by atoms with E-state index in [1.54, 1.807) is 0 Å². The van der Waals surface area contributed by atoms with Crippen molar-refractivity contribution in [3.8, 4) is 0 Å². The van der Waals surface area contributed by atoms with Crippen LogP contribution in [-0.2, 0) is 17.9 Å². The fourth-order valence-corrected chi connectivity index (χ4v) is 4.49. The van der Waals surface area contributed by atoms with E-state index in [1.807, 2.05) is 0 Å². The zero-order chi connectivity index (χ0) is 17.8. The molecule has 1 aromatic rings. The van der Waals surface area contributed by atoms with Crippen molar-refractivity contribution in [3.63, 3.8) is 0 Å². The largest absolute Gasteiger partial charge is 0.353 e. The molecule has 1 amide bonds. The molecule has 1 aliphatic carbocycles. The van der Waals surface area contributed by atoms with Crippen molar-refractivity contribution in [1.29, 1.82) is 0 Å². The second kappa shape index (κ2) is 8.35. The molecule has 5 nitrogen and oxygen atoms in total. The summed E-state index contributed by atoms with van der Waals surface area (Å²) in [5.74, 6) is 0.919. The summed E-state index contributed by atoms with van der Waals surface area (Å²) in [7, 11) is 0. The molecule has 25 heavy (non-hydrogen) atoms. The first-order chi connectivity index (χ1) is 12.1. The van der Waals surface area contributed by atoms with Crippen molar-refractivity contribution in [2.24, 2.45) is 5.92 Å². The monoisotopic (exact) mass is 346 g/mol. The quantitative estimate of drug-likeness (QED) is 0.861. The zero-order valence-corrected chi connectivity index (χ0v) is 16.2. The van der Waals surface area contributed by atoms with Crippen LogP contribution in [0.4, 0.5) is 0 Å². The summed E-state index contributed by atoms with van der Waals surface area (Å²) in [6.07, 6.45) is 7.99. The van der Waals surface area contributed by atoms with Gasteiger partial charge in [-0.15, -0.1) is 0 Å². The first-order valence-corrected chi connectivity index (χ1v) is 10.1. The number of hydrogen-bond donors (Lipinski definition) is 1. The molecular weight excluding hydrogens is 312 g/mol. The number of carbonyl (C=O) groups is 1. The molecule has 1 saturated carbocycles. The lowest BCUT2D eigenvalue weighted by Gasteiger charge is -2.32. The summed E-state index contributed by atoms with van der Waals surface area (Å²) < 4.78 is 2.10. The summed E-state index contributed by atoms with van der Waals surface area (Å²) in [5, 5.41) is 7.91. The van der Waals surface area contributed by atoms with Crippen LogP contribution in [0.2, 0.25) is 0 Å². The highest BCUT2D eigenvalue weighted by atomic mass is 16.1. The maximum absolute atomic E-state index is 12.2. The summed E-state index contributed by atoms with van der Waals surface area (Å²) in [4.78, 5) is 14.7. The predicted molar refractivity (Wildman–Crippen MR) is 100 cm³/mol. The molecule has 0 spiro atoms. The highest BCUT2D eigenvalue weighted by Gasteiger charge is 2.24. The van der Waals surface area contributed by atoms with E-state index < -0.39 is 0 Å². The SMILES string of the molecule is CCn1nc(C)c(CN2CCC(NC(=O)CC3CCCC3)CC2)c1C. The van der Waals surface area contributed by atoms with Gasteiger partial charge in [-0.2, -0.15) is 5.10 Å². The Kier molecular flexibility index (Phi) is 6.15. The van der Waals surface area contributed by atoms with Crippen LogP contribution >= 0.6 is 0 Å². The predicted octanol–water partition coefficient (Wildman–Crippen LogP) is 3.18. The molecule has 1 saturated heterocycles. The fraction of sp³-hybridized carbons (Fsp3) is 0.800. The van der Waals surface area contributed by atoms with Gasteiger partial charge in [-0.3, -0.25) is 14.4 Å². The molecule has 0 aromatic carbocycles. The molecule has 1 N–H and O–H groups in total. The molecular formula is C20H34N4O. The standard InChI is InChI=1S/C20H34N4O/c1-4-24-16(3)19(15(2)22-24)14-23-11-9-18(10-12-23)21-20(25)13-17-7-5-6-8-17/h17-18H,4-14H2,1-3H3,(H,21,25). The molecule has 5 heteroatoms. The normalized spacial score (nSPS) is 20.3. The zero-order valence-electron chi connectivity index (χ0n) is 16.2. The molecule has 0 bridgehead atoms. The number of rotatable bonds is 6. The van der Waals surface area contributed by atoms with E-state index in [9.17, 15) is 4.79 Å². The summed E-state index contributed by atoms with van der Waals surface area (Å²) in [6.45, 7) is 10.5. The van der Waals surface area contributed by atoms with Crippen LogP contribution in [0.1, 0.15) is 68.8 Å². The molecule has 0 atom stereocenters. The summed E-state index contributed by atoms with van der Waals surface area (Å²) in [6, 6.07) is 0.366. The number of piperidine rings is 1. The molecule has 2 heterocycles. The minimum atomic E-state index is 0.279. The highest BCUT2D eigenvalue weighted by molar-refractivity contribution is 5.76. The second-order valence-corrected chi connectivity index (χ2v) is 7.94. The number of carbonyl (C=O) groups excluding carboxylic acids is 1. The summed E-state index contributed by atoms with van der Waals surface area (Å²) >= 11 is 0. The van der Waals surface area contributed by atoms with Crippen LogP contribution in [0.25, 0.3) is 0 Å². The van der Waals surface area contributed by atoms with Crippen molar-refractivity contribution >= 4 is 5.91 Å². The third-order valence-electron chi connectivity index (χ3n) is 6.11. The van der Waals surface area contributed by atoms with Gasteiger partial charge in [0.25, 0.3) is 0 Å². The van der Waals surface area contributed by atoms with Gasteiger partial charge < -0.3 is 5.32 Å². The maximum atomic E-state index is 12.2. The average Bonchev–Trinajstić information content (AvgIpc) is 3.19. The van der Waals surface area contributed by atoms with Crippen LogP contribution < -0.4 is 5.32 Å². The van der Waals surface area contributed by atoms with Gasteiger partial charge in [0.2, 0.25) is 5.91 Å². The molecule has 2 aliphatic rings. The molecule has 0 radical (unpaired) electrons. The van der Waals surface area contributed by atoms with Crippen molar-refractivity contribution in [2.75, 3.05) is 13.1 Å². The minimum Gasteiger partial charge on any atom is -0.353 e. The number of nitrogens with one attached hydrogen (secondary N) is 1. The average molecular weight is 347 g/mol. The first-order valence-electron chi connectivity index (χ1n) is 10.1. The van der Waals surface area contributed by atoms with E-state index in [0.717, 1.165) is 51.1 Å². The van der Waals surface area contributed by atoms with Crippen molar-refractivity contribution in [2.45, 2.75) is 84.8 Å². The van der Waals surface area contributed by atoms with Gasteiger partial charge in [0.15, 0.2) is 0 Å². The molecule has 3 rings (SSSR count). The van der Waals surface area contributed by atoms with Gasteiger partial charge in [0.1, 0.15) is 0 Å². The van der Waals surface area contributed by atoms with Gasteiger partial charge >= 0.3 is 0 Å². The fourth-order valence-electron chi connectivity index (χ4n) is 4.49. The van der Waals surface area contributed by atoms with E-state index in [-0.39, 0.29) is 5.91 Å². The third kappa shape index (κ3) is 4.63. The minimum absolute atomic E-state index is 0.279. The molecule has 1 aliphatic heterocycles. The molecule has 140 valence electrons. The Morgan fingerprint density at radius 3 is 2.44 bits per heavy atom.